The van der Waals surface area contributed by atoms with Crippen molar-refractivity contribution >= 4 is 11.3 Å². The summed E-state index contributed by atoms with van der Waals surface area (Å²) in [6.07, 6.45) is 5.11. The second-order valence-corrected chi connectivity index (χ2v) is 9.14. The van der Waals surface area contributed by atoms with E-state index in [0.29, 0.717) is 19.1 Å². The Bertz CT molecular complexity index is 919. The van der Waals surface area contributed by atoms with E-state index in [1.54, 1.807) is 12.1 Å². The quantitative estimate of drug-likeness (QED) is 0.597. The van der Waals surface area contributed by atoms with E-state index in [1.165, 1.54) is 17.2 Å². The molecule has 0 aliphatic heterocycles. The highest BCUT2D eigenvalue weighted by atomic mass is 32.2. The molecule has 3 atom stereocenters. The first kappa shape index (κ1) is 21.4. The third-order valence-corrected chi connectivity index (χ3v) is 7.22. The number of hydrogen-bond donors (Lipinski definition) is 2. The first-order valence-corrected chi connectivity index (χ1v) is 11.6. The molecule has 1 saturated carbocycles. The van der Waals surface area contributed by atoms with Gasteiger partial charge in [0.2, 0.25) is 0 Å². The summed E-state index contributed by atoms with van der Waals surface area (Å²) in [7, 11) is 1.97. The molecular formula is C23H28FN2O3S-. The number of ether oxygens (including phenoxy) is 1. The molecule has 0 amide bonds. The predicted octanol–water partition coefficient (Wildman–Crippen LogP) is 3.37. The van der Waals surface area contributed by atoms with Crippen LogP contribution in [0.1, 0.15) is 48.3 Å². The minimum absolute atomic E-state index is 0.207. The Kier molecular flexibility index (Phi) is 6.53. The topological polar surface area (TPSA) is 73.4 Å². The molecule has 4 rings (SSSR count). The zero-order valence-corrected chi connectivity index (χ0v) is 18.0. The maximum Gasteiger partial charge on any atom is 0.123 e. The summed E-state index contributed by atoms with van der Waals surface area (Å²) in [4.78, 5) is 0. The van der Waals surface area contributed by atoms with Crippen LogP contribution in [0.2, 0.25) is 0 Å². The smallest absolute Gasteiger partial charge is 0.123 e. The lowest BCUT2D eigenvalue weighted by atomic mass is 9.75. The highest BCUT2D eigenvalue weighted by molar-refractivity contribution is 7.77. The summed E-state index contributed by atoms with van der Waals surface area (Å²) in [5.74, 6) is 0.840. The molecule has 2 aromatic rings. The van der Waals surface area contributed by atoms with E-state index in [2.05, 4.69) is 22.2 Å². The van der Waals surface area contributed by atoms with Gasteiger partial charge < -0.3 is 14.6 Å². The average molecular weight is 432 g/mol. The van der Waals surface area contributed by atoms with Gasteiger partial charge in [0.1, 0.15) is 11.6 Å². The Morgan fingerprint density at radius 2 is 2.10 bits per heavy atom. The standard InChI is InChI=1S/C23H29FN2O3S/c1-25-22-14-17-6-7-19(29-11-10-23(8-3-9-23)26-30(27)28)15-20(17)21(22)13-16-4-2-5-18(24)12-16/h2,4-7,12,15,21-22,25-26H,3,8-11,13-14H2,1H3,(H,27,28)/p-1. The van der Waals surface area contributed by atoms with Crippen LogP contribution >= 0.6 is 0 Å². The highest BCUT2D eigenvalue weighted by Gasteiger charge is 2.37. The molecule has 0 heterocycles. The lowest BCUT2D eigenvalue weighted by molar-refractivity contribution is 0.164. The third-order valence-electron chi connectivity index (χ3n) is 6.62. The summed E-state index contributed by atoms with van der Waals surface area (Å²) in [6.45, 7) is 0.465. The molecule has 2 aliphatic rings. The predicted molar refractivity (Wildman–Crippen MR) is 115 cm³/mol. The Morgan fingerprint density at radius 3 is 2.77 bits per heavy atom. The summed E-state index contributed by atoms with van der Waals surface area (Å²) in [5, 5.41) is 3.41. The molecule has 2 aliphatic carbocycles. The van der Waals surface area contributed by atoms with Gasteiger partial charge in [-0.15, -0.1) is 0 Å². The van der Waals surface area contributed by atoms with Crippen molar-refractivity contribution in [1.29, 1.82) is 0 Å². The molecule has 162 valence electrons. The van der Waals surface area contributed by atoms with Crippen molar-refractivity contribution in [1.82, 2.24) is 10.0 Å². The normalized spacial score (nSPS) is 22.9. The first-order chi connectivity index (χ1) is 14.5. The number of fused-ring (bicyclic) bond motifs is 1. The summed E-state index contributed by atoms with van der Waals surface area (Å²) >= 11 is -2.25. The molecule has 30 heavy (non-hydrogen) atoms. The van der Waals surface area contributed by atoms with E-state index >= 15 is 0 Å². The fraction of sp³-hybridized carbons (Fsp3) is 0.478. The molecule has 0 radical (unpaired) electrons. The Morgan fingerprint density at radius 1 is 1.27 bits per heavy atom. The van der Waals surface area contributed by atoms with Gasteiger partial charge in [0.25, 0.3) is 0 Å². The maximum absolute atomic E-state index is 13.6. The van der Waals surface area contributed by atoms with Gasteiger partial charge in [0.05, 0.1) is 6.61 Å². The lowest BCUT2D eigenvalue weighted by Gasteiger charge is -2.43. The maximum atomic E-state index is 13.6. The fourth-order valence-electron chi connectivity index (χ4n) is 4.81. The second kappa shape index (κ2) is 9.14. The average Bonchev–Trinajstić information content (AvgIpc) is 3.03. The van der Waals surface area contributed by atoms with Gasteiger partial charge in [-0.05, 0) is 80.1 Å². The van der Waals surface area contributed by atoms with Crippen molar-refractivity contribution < 1.29 is 17.9 Å². The van der Waals surface area contributed by atoms with Crippen LogP contribution < -0.4 is 14.8 Å². The molecule has 0 aromatic heterocycles. The van der Waals surface area contributed by atoms with E-state index in [9.17, 15) is 13.2 Å². The molecule has 2 N–H and O–H groups in total. The summed E-state index contributed by atoms with van der Waals surface area (Å²) < 4.78 is 44.4. The largest absolute Gasteiger partial charge is 0.760 e. The number of benzene rings is 2. The first-order valence-electron chi connectivity index (χ1n) is 10.5. The SMILES string of the molecule is CNC1Cc2ccc(OCCC3(NS(=O)[O-])CCC3)cc2C1Cc1cccc(F)c1. The number of rotatable bonds is 9. The van der Waals surface area contributed by atoms with Crippen molar-refractivity contribution in [2.24, 2.45) is 0 Å². The minimum atomic E-state index is -2.25. The highest BCUT2D eigenvalue weighted by Crippen LogP contribution is 2.39. The van der Waals surface area contributed by atoms with E-state index in [1.807, 2.05) is 19.2 Å². The van der Waals surface area contributed by atoms with Gasteiger partial charge in [0, 0.05) is 35.2 Å². The number of hydrogen-bond acceptors (Lipinski definition) is 4. The molecule has 0 saturated heterocycles. The molecular weight excluding hydrogens is 403 g/mol. The van der Waals surface area contributed by atoms with E-state index in [4.69, 9.17) is 4.74 Å². The van der Waals surface area contributed by atoms with Crippen LogP contribution in [0.25, 0.3) is 0 Å². The third kappa shape index (κ3) is 4.75. The van der Waals surface area contributed by atoms with Crippen molar-refractivity contribution in [3.05, 3.63) is 65.0 Å². The van der Waals surface area contributed by atoms with Crippen LogP contribution in [-0.4, -0.2) is 34.0 Å². The van der Waals surface area contributed by atoms with Crippen LogP contribution in [0, 0.1) is 5.82 Å². The Balaban J connectivity index is 1.45. The summed E-state index contributed by atoms with van der Waals surface area (Å²) in [5.41, 5.74) is 3.18. The van der Waals surface area contributed by atoms with E-state index < -0.39 is 11.3 Å². The Labute approximate surface area is 179 Å². The molecule has 1 fully saturated rings. The zero-order valence-electron chi connectivity index (χ0n) is 17.2. The monoisotopic (exact) mass is 431 g/mol. The van der Waals surface area contributed by atoms with Crippen LogP contribution in [0.5, 0.6) is 5.75 Å². The minimum Gasteiger partial charge on any atom is -0.760 e. The van der Waals surface area contributed by atoms with Crippen LogP contribution in [-0.2, 0) is 24.1 Å². The van der Waals surface area contributed by atoms with Crippen molar-refractivity contribution in [3.8, 4) is 5.75 Å². The molecule has 3 unspecified atom stereocenters. The van der Waals surface area contributed by atoms with Crippen molar-refractivity contribution in [2.45, 2.75) is 56.0 Å². The molecule has 0 bridgehead atoms. The van der Waals surface area contributed by atoms with E-state index in [0.717, 1.165) is 43.4 Å². The van der Waals surface area contributed by atoms with Gasteiger partial charge >= 0.3 is 0 Å². The molecule has 2 aromatic carbocycles. The number of nitrogens with one attached hydrogen (secondary N) is 2. The number of likely N-dealkylation sites (N-methyl/N-ethyl adjacent to an activating group) is 1. The molecule has 0 spiro atoms. The lowest BCUT2D eigenvalue weighted by Crippen LogP contribution is -2.52. The number of halogens is 1. The van der Waals surface area contributed by atoms with Gasteiger partial charge in [-0.3, -0.25) is 4.21 Å². The molecule has 7 heteroatoms. The van der Waals surface area contributed by atoms with Gasteiger partial charge in [-0.25, -0.2) is 9.11 Å². The van der Waals surface area contributed by atoms with Crippen LogP contribution in [0.3, 0.4) is 0 Å². The second-order valence-electron chi connectivity index (χ2n) is 8.47. The van der Waals surface area contributed by atoms with Gasteiger partial charge in [-0.2, -0.15) is 0 Å². The summed E-state index contributed by atoms with van der Waals surface area (Å²) in [6, 6.07) is 13.3. The van der Waals surface area contributed by atoms with E-state index in [-0.39, 0.29) is 17.3 Å². The van der Waals surface area contributed by atoms with Crippen molar-refractivity contribution in [2.75, 3.05) is 13.7 Å². The molecule has 5 nitrogen and oxygen atoms in total. The Hall–Kier alpha value is -1.80. The van der Waals surface area contributed by atoms with Gasteiger partial charge in [-0.1, -0.05) is 18.2 Å². The van der Waals surface area contributed by atoms with Crippen LogP contribution in [0.15, 0.2) is 42.5 Å². The van der Waals surface area contributed by atoms with Crippen molar-refractivity contribution in [3.63, 3.8) is 0 Å². The fourth-order valence-corrected chi connectivity index (χ4v) is 5.47. The van der Waals surface area contributed by atoms with Crippen LogP contribution in [0.4, 0.5) is 4.39 Å². The van der Waals surface area contributed by atoms with Gasteiger partial charge in [0.15, 0.2) is 0 Å². The zero-order chi connectivity index (χ0) is 21.1.